The molecular weight excluding hydrogens is 387 g/mol. The fraction of sp³-hybridized carbons (Fsp3) is 0.368. The Balaban J connectivity index is 1.47. The molecule has 0 unspecified atom stereocenters. The predicted molar refractivity (Wildman–Crippen MR) is 102 cm³/mol. The largest absolute Gasteiger partial charge is 0.573 e. The number of benzene rings is 1. The Morgan fingerprint density at radius 2 is 1.76 bits per heavy atom. The standard InChI is InChI=1S/C19H20F3N5O2/c20-19(21,22)29-15-5-3-14(4-6-15)28-10-9-27-17-16(11-13(23)12-24-17)25-18(27)26-7-1-2-8-26/h3-6,11-12H,1-2,7-10,23H2. The number of pyridine rings is 1. The molecule has 0 saturated carbocycles. The van der Waals surface area contributed by atoms with Gasteiger partial charge in [0.05, 0.1) is 18.4 Å². The summed E-state index contributed by atoms with van der Waals surface area (Å²) < 4.78 is 48.3. The van der Waals surface area contributed by atoms with E-state index < -0.39 is 6.36 Å². The van der Waals surface area contributed by atoms with Crippen LogP contribution in [-0.2, 0) is 6.54 Å². The van der Waals surface area contributed by atoms with Crippen LogP contribution in [0.1, 0.15) is 12.8 Å². The summed E-state index contributed by atoms with van der Waals surface area (Å²) in [6.07, 6.45) is -0.898. The number of anilines is 2. The maximum Gasteiger partial charge on any atom is 0.573 e. The maximum atomic E-state index is 12.2. The fourth-order valence-corrected chi connectivity index (χ4v) is 3.37. The highest BCUT2D eigenvalue weighted by Crippen LogP contribution is 2.27. The lowest BCUT2D eigenvalue weighted by atomic mass is 10.3. The molecule has 1 aliphatic rings. The van der Waals surface area contributed by atoms with Crippen LogP contribution in [0.3, 0.4) is 0 Å². The van der Waals surface area contributed by atoms with Crippen LogP contribution in [0.25, 0.3) is 11.2 Å². The van der Waals surface area contributed by atoms with Crippen molar-refractivity contribution >= 4 is 22.8 Å². The summed E-state index contributed by atoms with van der Waals surface area (Å²) in [4.78, 5) is 11.3. The SMILES string of the molecule is Nc1cnc2c(c1)nc(N1CCCC1)n2CCOc1ccc(OC(F)(F)F)cc1. The molecule has 0 amide bonds. The number of rotatable bonds is 6. The molecule has 1 aliphatic heterocycles. The number of fused-ring (bicyclic) bond motifs is 1. The van der Waals surface area contributed by atoms with E-state index in [2.05, 4.69) is 14.6 Å². The molecule has 4 rings (SSSR count). The van der Waals surface area contributed by atoms with Gasteiger partial charge in [-0.25, -0.2) is 9.97 Å². The summed E-state index contributed by atoms with van der Waals surface area (Å²) in [5.41, 5.74) is 7.82. The highest BCUT2D eigenvalue weighted by molar-refractivity contribution is 5.77. The van der Waals surface area contributed by atoms with Crippen LogP contribution in [-0.4, -0.2) is 40.6 Å². The molecule has 3 heterocycles. The number of hydrogen-bond donors (Lipinski definition) is 1. The van der Waals surface area contributed by atoms with Gasteiger partial charge < -0.3 is 20.1 Å². The second kappa shape index (κ2) is 7.69. The summed E-state index contributed by atoms with van der Waals surface area (Å²) in [6.45, 7) is 2.65. The number of alkyl halides is 3. The normalized spacial score (nSPS) is 14.5. The zero-order valence-corrected chi connectivity index (χ0v) is 15.5. The second-order valence-corrected chi connectivity index (χ2v) is 6.74. The molecule has 154 valence electrons. The molecule has 10 heteroatoms. The van der Waals surface area contributed by atoms with Gasteiger partial charge in [-0.05, 0) is 43.2 Å². The van der Waals surface area contributed by atoms with E-state index >= 15 is 0 Å². The van der Waals surface area contributed by atoms with Gasteiger partial charge >= 0.3 is 6.36 Å². The topological polar surface area (TPSA) is 78.4 Å². The van der Waals surface area contributed by atoms with Crippen LogP contribution in [0.5, 0.6) is 11.5 Å². The van der Waals surface area contributed by atoms with Crippen molar-refractivity contribution < 1.29 is 22.6 Å². The molecule has 29 heavy (non-hydrogen) atoms. The highest BCUT2D eigenvalue weighted by atomic mass is 19.4. The lowest BCUT2D eigenvalue weighted by Crippen LogP contribution is -2.23. The number of imidazole rings is 1. The minimum atomic E-state index is -4.72. The monoisotopic (exact) mass is 407 g/mol. The van der Waals surface area contributed by atoms with E-state index in [1.165, 1.54) is 24.3 Å². The van der Waals surface area contributed by atoms with Gasteiger partial charge in [0.2, 0.25) is 5.95 Å². The average Bonchev–Trinajstić information content (AvgIpc) is 3.29. The molecule has 0 aliphatic carbocycles. The summed E-state index contributed by atoms with van der Waals surface area (Å²) in [6, 6.07) is 7.10. The third-order valence-electron chi connectivity index (χ3n) is 4.62. The smallest absolute Gasteiger partial charge is 0.492 e. The molecule has 1 aromatic carbocycles. The Labute approximate surface area is 164 Å². The molecule has 2 N–H and O–H groups in total. The first-order valence-electron chi connectivity index (χ1n) is 9.24. The van der Waals surface area contributed by atoms with Gasteiger partial charge in [-0.2, -0.15) is 0 Å². The van der Waals surface area contributed by atoms with Crippen molar-refractivity contribution in [2.24, 2.45) is 0 Å². The van der Waals surface area contributed by atoms with E-state index in [9.17, 15) is 13.2 Å². The molecule has 2 aromatic heterocycles. The Morgan fingerprint density at radius 3 is 2.45 bits per heavy atom. The molecule has 7 nitrogen and oxygen atoms in total. The molecule has 3 aromatic rings. The molecule has 1 fully saturated rings. The quantitative estimate of drug-likeness (QED) is 0.673. The number of nitrogens with two attached hydrogens (primary N) is 1. The molecule has 0 radical (unpaired) electrons. The second-order valence-electron chi connectivity index (χ2n) is 6.74. The maximum absolute atomic E-state index is 12.2. The zero-order valence-electron chi connectivity index (χ0n) is 15.5. The molecular formula is C19H20F3N5O2. The Bertz CT molecular complexity index is 982. The van der Waals surface area contributed by atoms with E-state index in [0.717, 1.165) is 43.0 Å². The van der Waals surface area contributed by atoms with Crippen molar-refractivity contribution in [3.05, 3.63) is 36.5 Å². The first-order valence-corrected chi connectivity index (χ1v) is 9.24. The van der Waals surface area contributed by atoms with Gasteiger partial charge in [0.25, 0.3) is 0 Å². The molecule has 0 atom stereocenters. The minimum Gasteiger partial charge on any atom is -0.492 e. The van der Waals surface area contributed by atoms with Crippen molar-refractivity contribution in [3.63, 3.8) is 0 Å². The van der Waals surface area contributed by atoms with Crippen LogP contribution >= 0.6 is 0 Å². The highest BCUT2D eigenvalue weighted by Gasteiger charge is 2.31. The van der Waals surface area contributed by atoms with E-state index in [0.29, 0.717) is 24.6 Å². The third-order valence-corrected chi connectivity index (χ3v) is 4.62. The Morgan fingerprint density at radius 1 is 1.07 bits per heavy atom. The van der Waals surface area contributed by atoms with Crippen molar-refractivity contribution in [1.82, 2.24) is 14.5 Å². The molecule has 1 saturated heterocycles. The lowest BCUT2D eigenvalue weighted by molar-refractivity contribution is -0.274. The first kappa shape index (κ1) is 19.2. The number of ether oxygens (including phenoxy) is 2. The number of nitrogen functional groups attached to an aromatic ring is 1. The summed E-state index contributed by atoms with van der Waals surface area (Å²) >= 11 is 0. The van der Waals surface area contributed by atoms with E-state index in [1.807, 2.05) is 4.57 Å². The fourth-order valence-electron chi connectivity index (χ4n) is 3.37. The number of nitrogens with zero attached hydrogens (tertiary/aromatic N) is 4. The van der Waals surface area contributed by atoms with Gasteiger partial charge in [0.15, 0.2) is 5.65 Å². The Hall–Kier alpha value is -3.17. The van der Waals surface area contributed by atoms with Crippen LogP contribution in [0.2, 0.25) is 0 Å². The first-order chi connectivity index (χ1) is 13.9. The van der Waals surface area contributed by atoms with Gasteiger partial charge in [0, 0.05) is 13.1 Å². The third kappa shape index (κ3) is 4.47. The van der Waals surface area contributed by atoms with Crippen molar-refractivity contribution in [2.45, 2.75) is 25.7 Å². The van der Waals surface area contributed by atoms with Crippen LogP contribution in [0.4, 0.5) is 24.8 Å². The minimum absolute atomic E-state index is 0.288. The van der Waals surface area contributed by atoms with Crippen molar-refractivity contribution in [3.8, 4) is 11.5 Å². The Kier molecular flexibility index (Phi) is 5.08. The van der Waals surface area contributed by atoms with Gasteiger partial charge in [-0.15, -0.1) is 13.2 Å². The van der Waals surface area contributed by atoms with E-state index in [-0.39, 0.29) is 5.75 Å². The number of halogens is 3. The molecule has 0 bridgehead atoms. The van der Waals surface area contributed by atoms with Gasteiger partial charge in [-0.1, -0.05) is 0 Å². The average molecular weight is 407 g/mol. The van der Waals surface area contributed by atoms with Gasteiger partial charge in [0.1, 0.15) is 23.6 Å². The van der Waals surface area contributed by atoms with Crippen LogP contribution in [0.15, 0.2) is 36.5 Å². The number of aromatic nitrogens is 3. The van der Waals surface area contributed by atoms with Crippen molar-refractivity contribution in [2.75, 3.05) is 30.3 Å². The molecule has 0 spiro atoms. The lowest BCUT2D eigenvalue weighted by Gasteiger charge is -2.18. The van der Waals surface area contributed by atoms with Crippen molar-refractivity contribution in [1.29, 1.82) is 0 Å². The zero-order chi connectivity index (χ0) is 20.4. The van der Waals surface area contributed by atoms with Gasteiger partial charge in [-0.3, -0.25) is 4.57 Å². The summed E-state index contributed by atoms with van der Waals surface area (Å²) in [7, 11) is 0. The van der Waals surface area contributed by atoms with Crippen LogP contribution < -0.4 is 20.1 Å². The van der Waals surface area contributed by atoms with Crippen LogP contribution in [0, 0.1) is 0 Å². The predicted octanol–water partition coefficient (Wildman–Crippen LogP) is 3.59. The number of hydrogen-bond acceptors (Lipinski definition) is 6. The van der Waals surface area contributed by atoms with E-state index in [4.69, 9.17) is 15.5 Å². The van der Waals surface area contributed by atoms with E-state index in [1.54, 1.807) is 12.3 Å². The summed E-state index contributed by atoms with van der Waals surface area (Å²) in [5.74, 6) is 0.987. The summed E-state index contributed by atoms with van der Waals surface area (Å²) in [5, 5.41) is 0.